The zero-order valence-corrected chi connectivity index (χ0v) is 14.9. The zero-order valence-electron chi connectivity index (χ0n) is 14.9. The van der Waals surface area contributed by atoms with E-state index in [1.807, 2.05) is 12.1 Å². The first-order valence-corrected chi connectivity index (χ1v) is 8.27. The molecule has 1 aromatic carbocycles. The molecule has 0 radical (unpaired) electrons. The van der Waals surface area contributed by atoms with E-state index in [4.69, 9.17) is 0 Å². The molecule has 0 saturated heterocycles. The van der Waals surface area contributed by atoms with Crippen LogP contribution in [0.4, 0.5) is 11.4 Å². The van der Waals surface area contributed by atoms with Gasteiger partial charge in [-0.15, -0.1) is 0 Å². The third-order valence-electron chi connectivity index (χ3n) is 3.68. The molecule has 2 N–H and O–H groups in total. The van der Waals surface area contributed by atoms with Gasteiger partial charge in [0, 0.05) is 57.1 Å². The fraction of sp³-hybridized carbons (Fsp3) is 0.263. The Balaban J connectivity index is 1.90. The molecule has 26 heavy (non-hydrogen) atoms. The molecule has 0 aliphatic heterocycles. The quantitative estimate of drug-likeness (QED) is 0.796. The second-order valence-corrected chi connectivity index (χ2v) is 5.78. The minimum atomic E-state index is -0.160. The van der Waals surface area contributed by atoms with Crippen LogP contribution < -0.4 is 15.5 Å². The van der Waals surface area contributed by atoms with Crippen molar-refractivity contribution in [2.45, 2.75) is 26.8 Å². The molecule has 1 heterocycles. The number of hydrogen-bond donors (Lipinski definition) is 2. The van der Waals surface area contributed by atoms with Crippen molar-refractivity contribution in [3.05, 3.63) is 54.4 Å². The molecular formula is C19H22N4O3. The standard InChI is InChI=1S/C19H22N4O3/c1-14(24)22-17-3-5-18(6-4-17)23(15(2)25)12-9-19(26)21-13-16-7-10-20-11-8-16/h3-8,10-11H,9,12-13H2,1-2H3,(H,21,26)(H,22,24). The molecule has 0 fully saturated rings. The first-order valence-electron chi connectivity index (χ1n) is 8.27. The lowest BCUT2D eigenvalue weighted by molar-refractivity contribution is -0.121. The molecule has 136 valence electrons. The van der Waals surface area contributed by atoms with Gasteiger partial charge in [-0.05, 0) is 42.0 Å². The van der Waals surface area contributed by atoms with E-state index in [0.717, 1.165) is 5.56 Å². The lowest BCUT2D eigenvalue weighted by atomic mass is 10.2. The Morgan fingerprint density at radius 3 is 2.23 bits per heavy atom. The van der Waals surface area contributed by atoms with Crippen molar-refractivity contribution >= 4 is 29.1 Å². The molecule has 7 nitrogen and oxygen atoms in total. The molecule has 0 aliphatic rings. The molecule has 0 aliphatic carbocycles. The van der Waals surface area contributed by atoms with Gasteiger partial charge in [0.15, 0.2) is 0 Å². The minimum Gasteiger partial charge on any atom is -0.352 e. The maximum Gasteiger partial charge on any atom is 0.223 e. The van der Waals surface area contributed by atoms with E-state index >= 15 is 0 Å². The first kappa shape index (κ1) is 19.1. The summed E-state index contributed by atoms with van der Waals surface area (Å²) in [5.41, 5.74) is 2.29. The summed E-state index contributed by atoms with van der Waals surface area (Å²) in [5.74, 6) is -0.450. The van der Waals surface area contributed by atoms with Crippen molar-refractivity contribution in [1.82, 2.24) is 10.3 Å². The molecule has 0 atom stereocenters. The van der Waals surface area contributed by atoms with Gasteiger partial charge >= 0.3 is 0 Å². The first-order chi connectivity index (χ1) is 12.5. The van der Waals surface area contributed by atoms with Crippen molar-refractivity contribution in [2.75, 3.05) is 16.8 Å². The van der Waals surface area contributed by atoms with Crippen molar-refractivity contribution in [3.63, 3.8) is 0 Å². The maximum absolute atomic E-state index is 12.0. The van der Waals surface area contributed by atoms with Crippen LogP contribution >= 0.6 is 0 Å². The summed E-state index contributed by atoms with van der Waals surface area (Å²) in [6.07, 6.45) is 3.53. The van der Waals surface area contributed by atoms with Gasteiger partial charge in [-0.3, -0.25) is 19.4 Å². The molecule has 0 unspecified atom stereocenters. The Hall–Kier alpha value is -3.22. The number of rotatable bonds is 7. The fourth-order valence-electron chi connectivity index (χ4n) is 2.40. The summed E-state index contributed by atoms with van der Waals surface area (Å²) in [7, 11) is 0. The van der Waals surface area contributed by atoms with Gasteiger partial charge < -0.3 is 15.5 Å². The van der Waals surface area contributed by atoms with Crippen LogP contribution in [0.15, 0.2) is 48.8 Å². The van der Waals surface area contributed by atoms with Crippen LogP contribution in [0.1, 0.15) is 25.8 Å². The normalized spacial score (nSPS) is 10.1. The van der Waals surface area contributed by atoms with E-state index in [9.17, 15) is 14.4 Å². The van der Waals surface area contributed by atoms with E-state index in [1.54, 1.807) is 36.7 Å². The summed E-state index contributed by atoms with van der Waals surface area (Å²) in [5, 5.41) is 5.49. The van der Waals surface area contributed by atoms with Crippen molar-refractivity contribution in [2.24, 2.45) is 0 Å². The van der Waals surface area contributed by atoms with E-state index < -0.39 is 0 Å². The van der Waals surface area contributed by atoms with Gasteiger partial charge in [-0.2, -0.15) is 0 Å². The van der Waals surface area contributed by atoms with E-state index in [0.29, 0.717) is 17.9 Å². The van der Waals surface area contributed by atoms with Gasteiger partial charge in [-0.1, -0.05) is 0 Å². The highest BCUT2D eigenvalue weighted by atomic mass is 16.2. The van der Waals surface area contributed by atoms with E-state index in [2.05, 4.69) is 15.6 Å². The summed E-state index contributed by atoms with van der Waals surface area (Å²) in [6.45, 7) is 3.58. The maximum atomic E-state index is 12.0. The lowest BCUT2D eigenvalue weighted by Crippen LogP contribution is -2.33. The topological polar surface area (TPSA) is 91.4 Å². The average molecular weight is 354 g/mol. The third kappa shape index (κ3) is 6.01. The molecule has 0 bridgehead atoms. The molecular weight excluding hydrogens is 332 g/mol. The molecule has 0 saturated carbocycles. The SMILES string of the molecule is CC(=O)Nc1ccc(N(CCC(=O)NCc2ccncc2)C(C)=O)cc1. The molecule has 7 heteroatoms. The third-order valence-corrected chi connectivity index (χ3v) is 3.68. The van der Waals surface area contributed by atoms with Gasteiger partial charge in [0.05, 0.1) is 0 Å². The summed E-state index contributed by atoms with van der Waals surface area (Å²) in [4.78, 5) is 40.5. The highest BCUT2D eigenvalue weighted by molar-refractivity contribution is 5.93. The fourth-order valence-corrected chi connectivity index (χ4v) is 2.40. The highest BCUT2D eigenvalue weighted by Gasteiger charge is 2.13. The van der Waals surface area contributed by atoms with Crippen LogP contribution in [-0.2, 0) is 20.9 Å². The number of nitrogens with zero attached hydrogens (tertiary/aromatic N) is 2. The van der Waals surface area contributed by atoms with Gasteiger partial charge in [0.2, 0.25) is 17.7 Å². The Kier molecular flexibility index (Phi) is 6.84. The number of nitrogens with one attached hydrogen (secondary N) is 2. The van der Waals surface area contributed by atoms with Crippen molar-refractivity contribution in [1.29, 1.82) is 0 Å². The number of carbonyl (C=O) groups excluding carboxylic acids is 3. The Labute approximate surface area is 152 Å². The highest BCUT2D eigenvalue weighted by Crippen LogP contribution is 2.18. The number of pyridine rings is 1. The van der Waals surface area contributed by atoms with Crippen LogP contribution in [0.25, 0.3) is 0 Å². The number of carbonyl (C=O) groups is 3. The number of anilines is 2. The second kappa shape index (κ2) is 9.31. The Morgan fingerprint density at radius 2 is 1.65 bits per heavy atom. The number of amides is 3. The van der Waals surface area contributed by atoms with Crippen molar-refractivity contribution < 1.29 is 14.4 Å². The van der Waals surface area contributed by atoms with E-state index in [-0.39, 0.29) is 30.7 Å². The molecule has 2 rings (SSSR count). The van der Waals surface area contributed by atoms with Gasteiger partial charge in [0.1, 0.15) is 0 Å². The number of hydrogen-bond acceptors (Lipinski definition) is 4. The van der Waals surface area contributed by atoms with Crippen molar-refractivity contribution in [3.8, 4) is 0 Å². The molecule has 0 spiro atoms. The summed E-state index contributed by atoms with van der Waals surface area (Å²) in [6, 6.07) is 10.6. The van der Waals surface area contributed by atoms with Crippen LogP contribution in [0, 0.1) is 0 Å². The Bertz CT molecular complexity index is 760. The number of aromatic nitrogens is 1. The lowest BCUT2D eigenvalue weighted by Gasteiger charge is -2.21. The van der Waals surface area contributed by atoms with Crippen LogP contribution in [-0.4, -0.2) is 29.3 Å². The summed E-state index contributed by atoms with van der Waals surface area (Å²) < 4.78 is 0. The molecule has 1 aromatic heterocycles. The minimum absolute atomic E-state index is 0.136. The second-order valence-electron chi connectivity index (χ2n) is 5.78. The smallest absolute Gasteiger partial charge is 0.223 e. The average Bonchev–Trinajstić information content (AvgIpc) is 2.61. The van der Waals surface area contributed by atoms with Crippen LogP contribution in [0.5, 0.6) is 0 Å². The predicted molar refractivity (Wildman–Crippen MR) is 99.5 cm³/mol. The monoisotopic (exact) mass is 354 g/mol. The van der Waals surface area contributed by atoms with E-state index in [1.165, 1.54) is 18.7 Å². The molecule has 3 amide bonds. The predicted octanol–water partition coefficient (Wildman–Crippen LogP) is 2.10. The Morgan fingerprint density at radius 1 is 1.00 bits per heavy atom. The number of benzene rings is 1. The summed E-state index contributed by atoms with van der Waals surface area (Å²) >= 11 is 0. The molecule has 2 aromatic rings. The zero-order chi connectivity index (χ0) is 18.9. The van der Waals surface area contributed by atoms with Gasteiger partial charge in [0.25, 0.3) is 0 Å². The largest absolute Gasteiger partial charge is 0.352 e. The van der Waals surface area contributed by atoms with Crippen LogP contribution in [0.2, 0.25) is 0 Å². The van der Waals surface area contributed by atoms with Gasteiger partial charge in [-0.25, -0.2) is 0 Å². The van der Waals surface area contributed by atoms with Crippen LogP contribution in [0.3, 0.4) is 0 Å².